The van der Waals surface area contributed by atoms with Crippen LogP contribution in [0.15, 0.2) is 18.2 Å². The third kappa shape index (κ3) is 2.93. The molecule has 0 fully saturated rings. The minimum Gasteiger partial charge on any atom is -0.330 e. The van der Waals surface area contributed by atoms with Crippen molar-refractivity contribution in [2.75, 3.05) is 6.54 Å². The first kappa shape index (κ1) is 12.0. The molecule has 82 valence electrons. The van der Waals surface area contributed by atoms with Gasteiger partial charge in [0.2, 0.25) is 0 Å². The summed E-state index contributed by atoms with van der Waals surface area (Å²) < 4.78 is 0. The quantitative estimate of drug-likeness (QED) is 0.801. The fourth-order valence-corrected chi connectivity index (χ4v) is 1.80. The van der Waals surface area contributed by atoms with E-state index in [2.05, 4.69) is 45.9 Å². The van der Waals surface area contributed by atoms with Crippen molar-refractivity contribution in [3.05, 3.63) is 40.5 Å². The van der Waals surface area contributed by atoms with E-state index in [9.17, 15) is 0 Å². The fourth-order valence-electron chi connectivity index (χ4n) is 1.80. The number of benzene rings is 1. The van der Waals surface area contributed by atoms with Gasteiger partial charge in [-0.3, -0.25) is 0 Å². The standard InChI is InChI=1S/C14H21N/c1-10(6-5-7-15)14-9-12(3)11(2)8-13(14)4/h6,8-9H,5,7,15H2,1-4H3. The Balaban J connectivity index is 3.09. The van der Waals surface area contributed by atoms with E-state index < -0.39 is 0 Å². The van der Waals surface area contributed by atoms with Crippen LogP contribution in [0.4, 0.5) is 0 Å². The second-order valence-corrected chi connectivity index (χ2v) is 4.22. The molecule has 0 aliphatic rings. The Bertz CT molecular complexity index is 375. The molecule has 0 amide bonds. The normalized spacial score (nSPS) is 11.9. The van der Waals surface area contributed by atoms with Crippen LogP contribution in [0.5, 0.6) is 0 Å². The summed E-state index contributed by atoms with van der Waals surface area (Å²) in [4.78, 5) is 0. The largest absolute Gasteiger partial charge is 0.330 e. The van der Waals surface area contributed by atoms with Crippen molar-refractivity contribution in [3.8, 4) is 0 Å². The molecule has 2 N–H and O–H groups in total. The molecule has 0 saturated heterocycles. The maximum absolute atomic E-state index is 5.50. The van der Waals surface area contributed by atoms with Crippen molar-refractivity contribution in [2.24, 2.45) is 5.73 Å². The Hall–Kier alpha value is -1.08. The lowest BCUT2D eigenvalue weighted by Crippen LogP contribution is -1.96. The van der Waals surface area contributed by atoms with E-state index in [0.29, 0.717) is 0 Å². The lowest BCUT2D eigenvalue weighted by molar-refractivity contribution is 1.01. The zero-order valence-corrected chi connectivity index (χ0v) is 10.2. The Kier molecular flexibility index (Phi) is 4.10. The first-order chi connectivity index (χ1) is 7.06. The Morgan fingerprint density at radius 1 is 1.13 bits per heavy atom. The number of aryl methyl sites for hydroxylation is 3. The fraction of sp³-hybridized carbons (Fsp3) is 0.429. The van der Waals surface area contributed by atoms with Crippen molar-refractivity contribution in [1.29, 1.82) is 0 Å². The van der Waals surface area contributed by atoms with Gasteiger partial charge in [0.1, 0.15) is 0 Å². The van der Waals surface area contributed by atoms with E-state index in [0.717, 1.165) is 13.0 Å². The third-order valence-corrected chi connectivity index (χ3v) is 2.88. The number of rotatable bonds is 3. The smallest absolute Gasteiger partial charge is 0.00424 e. The topological polar surface area (TPSA) is 26.0 Å². The summed E-state index contributed by atoms with van der Waals surface area (Å²) in [6.45, 7) is 9.37. The summed E-state index contributed by atoms with van der Waals surface area (Å²) in [5.74, 6) is 0. The van der Waals surface area contributed by atoms with Gasteiger partial charge in [-0.05, 0) is 68.5 Å². The Morgan fingerprint density at radius 3 is 2.33 bits per heavy atom. The van der Waals surface area contributed by atoms with Crippen LogP contribution >= 0.6 is 0 Å². The summed E-state index contributed by atoms with van der Waals surface area (Å²) in [6, 6.07) is 4.53. The number of nitrogens with two attached hydrogens (primary N) is 1. The Labute approximate surface area is 93.0 Å². The van der Waals surface area contributed by atoms with E-state index in [4.69, 9.17) is 5.73 Å². The number of hydrogen-bond donors (Lipinski definition) is 1. The summed E-state index contributed by atoms with van der Waals surface area (Å²) in [6.07, 6.45) is 3.18. The molecular formula is C14H21N. The summed E-state index contributed by atoms with van der Waals surface area (Å²) in [7, 11) is 0. The van der Waals surface area contributed by atoms with Crippen molar-refractivity contribution in [1.82, 2.24) is 0 Å². The van der Waals surface area contributed by atoms with Crippen LogP contribution in [0.1, 0.15) is 35.6 Å². The first-order valence-corrected chi connectivity index (χ1v) is 5.51. The Morgan fingerprint density at radius 2 is 1.73 bits per heavy atom. The van der Waals surface area contributed by atoms with E-state index in [1.54, 1.807) is 0 Å². The molecule has 1 nitrogen and oxygen atoms in total. The highest BCUT2D eigenvalue weighted by atomic mass is 14.5. The van der Waals surface area contributed by atoms with Crippen LogP contribution < -0.4 is 5.73 Å². The molecule has 0 aliphatic heterocycles. The van der Waals surface area contributed by atoms with Gasteiger partial charge in [0.15, 0.2) is 0 Å². The molecule has 1 rings (SSSR count). The predicted octanol–water partition coefficient (Wildman–Crippen LogP) is 3.36. The molecule has 0 atom stereocenters. The molecular weight excluding hydrogens is 182 g/mol. The van der Waals surface area contributed by atoms with Crippen LogP contribution in [-0.2, 0) is 0 Å². The van der Waals surface area contributed by atoms with Gasteiger partial charge in [-0.15, -0.1) is 0 Å². The summed E-state index contributed by atoms with van der Waals surface area (Å²) >= 11 is 0. The lowest BCUT2D eigenvalue weighted by Gasteiger charge is -2.10. The van der Waals surface area contributed by atoms with Crippen LogP contribution in [0, 0.1) is 20.8 Å². The van der Waals surface area contributed by atoms with E-state index >= 15 is 0 Å². The average molecular weight is 203 g/mol. The molecule has 0 aromatic heterocycles. The van der Waals surface area contributed by atoms with Gasteiger partial charge in [0.25, 0.3) is 0 Å². The third-order valence-electron chi connectivity index (χ3n) is 2.88. The highest BCUT2D eigenvalue weighted by Crippen LogP contribution is 2.22. The van der Waals surface area contributed by atoms with Gasteiger partial charge in [0.05, 0.1) is 0 Å². The average Bonchev–Trinajstić information content (AvgIpc) is 2.20. The second kappa shape index (κ2) is 5.13. The molecule has 0 aliphatic carbocycles. The molecule has 1 aromatic carbocycles. The van der Waals surface area contributed by atoms with Crippen LogP contribution in [0.2, 0.25) is 0 Å². The van der Waals surface area contributed by atoms with Crippen LogP contribution in [0.3, 0.4) is 0 Å². The molecule has 1 aromatic rings. The minimum atomic E-state index is 0.723. The zero-order chi connectivity index (χ0) is 11.4. The monoisotopic (exact) mass is 203 g/mol. The highest BCUT2D eigenvalue weighted by Gasteiger charge is 2.02. The van der Waals surface area contributed by atoms with Gasteiger partial charge >= 0.3 is 0 Å². The first-order valence-electron chi connectivity index (χ1n) is 5.51. The predicted molar refractivity (Wildman–Crippen MR) is 68.0 cm³/mol. The molecule has 0 bridgehead atoms. The van der Waals surface area contributed by atoms with Crippen LogP contribution in [0.25, 0.3) is 5.57 Å². The maximum atomic E-state index is 5.50. The van der Waals surface area contributed by atoms with E-state index in [1.807, 2.05) is 0 Å². The second-order valence-electron chi connectivity index (χ2n) is 4.22. The number of allylic oxidation sites excluding steroid dienone is 1. The van der Waals surface area contributed by atoms with Crippen molar-refractivity contribution < 1.29 is 0 Å². The molecule has 15 heavy (non-hydrogen) atoms. The van der Waals surface area contributed by atoms with E-state index in [1.165, 1.54) is 27.8 Å². The number of hydrogen-bond acceptors (Lipinski definition) is 1. The molecule has 0 heterocycles. The summed E-state index contributed by atoms with van der Waals surface area (Å²) in [5, 5.41) is 0. The molecule has 1 heteroatoms. The molecule has 0 radical (unpaired) electrons. The van der Waals surface area contributed by atoms with Gasteiger partial charge in [-0.25, -0.2) is 0 Å². The summed E-state index contributed by atoms with van der Waals surface area (Å²) in [5.41, 5.74) is 12.3. The molecule has 0 spiro atoms. The maximum Gasteiger partial charge on any atom is -0.00424 e. The van der Waals surface area contributed by atoms with Crippen LogP contribution in [-0.4, -0.2) is 6.54 Å². The molecule has 0 saturated carbocycles. The van der Waals surface area contributed by atoms with E-state index in [-0.39, 0.29) is 0 Å². The van der Waals surface area contributed by atoms with Gasteiger partial charge in [-0.2, -0.15) is 0 Å². The van der Waals surface area contributed by atoms with Crippen molar-refractivity contribution in [3.63, 3.8) is 0 Å². The lowest BCUT2D eigenvalue weighted by atomic mass is 9.96. The molecule has 0 unspecified atom stereocenters. The van der Waals surface area contributed by atoms with Crippen molar-refractivity contribution in [2.45, 2.75) is 34.1 Å². The zero-order valence-electron chi connectivity index (χ0n) is 10.2. The van der Waals surface area contributed by atoms with Gasteiger partial charge in [0, 0.05) is 0 Å². The van der Waals surface area contributed by atoms with Crippen molar-refractivity contribution >= 4 is 5.57 Å². The van der Waals surface area contributed by atoms with Gasteiger partial charge in [-0.1, -0.05) is 18.2 Å². The van der Waals surface area contributed by atoms with Gasteiger partial charge < -0.3 is 5.73 Å². The SMILES string of the molecule is CC(=CCCN)c1cc(C)c(C)cc1C. The highest BCUT2D eigenvalue weighted by molar-refractivity contribution is 5.67. The minimum absolute atomic E-state index is 0.723.